The van der Waals surface area contributed by atoms with Gasteiger partial charge in [0, 0.05) is 57.4 Å². The van der Waals surface area contributed by atoms with Gasteiger partial charge >= 0.3 is 0 Å². The minimum Gasteiger partial charge on any atom is -0.381 e. The number of carbonyl (C=O) groups is 1. The van der Waals surface area contributed by atoms with Gasteiger partial charge in [0.1, 0.15) is 5.84 Å². The van der Waals surface area contributed by atoms with Crippen LogP contribution < -0.4 is 0 Å². The van der Waals surface area contributed by atoms with Crippen LogP contribution in [0.25, 0.3) is 10.9 Å². The quantitative estimate of drug-likeness (QED) is 0.500. The highest BCUT2D eigenvalue weighted by Crippen LogP contribution is 2.25. The van der Waals surface area contributed by atoms with Gasteiger partial charge in [0.05, 0.1) is 5.52 Å². The molecule has 0 atom stereocenters. The van der Waals surface area contributed by atoms with E-state index in [2.05, 4.69) is 60.8 Å². The van der Waals surface area contributed by atoms with Crippen LogP contribution in [0.5, 0.6) is 0 Å². The van der Waals surface area contributed by atoms with Gasteiger partial charge < -0.3 is 14.2 Å². The van der Waals surface area contributed by atoms with Crippen molar-refractivity contribution in [2.45, 2.75) is 47.0 Å². The molecule has 0 aliphatic carbocycles. The molecule has 0 spiro atoms. The molecule has 1 saturated heterocycles. The van der Waals surface area contributed by atoms with E-state index in [-0.39, 0.29) is 5.91 Å². The minimum absolute atomic E-state index is 0.124. The molecule has 2 aromatic rings. The molecule has 2 aliphatic heterocycles. The number of para-hydroxylation sites is 1. The van der Waals surface area contributed by atoms with Gasteiger partial charge in [0.25, 0.3) is 0 Å². The van der Waals surface area contributed by atoms with Crippen LogP contribution in [0, 0.1) is 12.8 Å². The molecule has 1 aromatic heterocycles. The highest BCUT2D eigenvalue weighted by Gasteiger charge is 2.23. The normalized spacial score (nSPS) is 18.4. The van der Waals surface area contributed by atoms with E-state index in [0.717, 1.165) is 49.0 Å². The molecule has 1 aromatic carbocycles. The molecule has 4 rings (SSSR count). The first-order valence-corrected chi connectivity index (χ1v) is 11.0. The molecular formula is C25H35N3O2. The van der Waals surface area contributed by atoms with E-state index in [9.17, 15) is 4.79 Å². The number of hydrogen-bond acceptors (Lipinski definition) is 3. The number of aliphatic imine (C=N–C) groups is 1. The van der Waals surface area contributed by atoms with Crippen LogP contribution in [-0.4, -0.2) is 54.6 Å². The first kappa shape index (κ1) is 22.3. The fourth-order valence-corrected chi connectivity index (χ4v) is 4.12. The van der Waals surface area contributed by atoms with Crippen LogP contribution >= 0.6 is 0 Å². The van der Waals surface area contributed by atoms with Crippen LogP contribution in [0.3, 0.4) is 0 Å². The predicted octanol–water partition coefficient (Wildman–Crippen LogP) is 4.83. The Morgan fingerprint density at radius 3 is 2.47 bits per heavy atom. The lowest BCUT2D eigenvalue weighted by Crippen LogP contribution is -2.38. The van der Waals surface area contributed by atoms with Crippen molar-refractivity contribution in [3.63, 3.8) is 0 Å². The molecule has 5 nitrogen and oxygen atoms in total. The first-order valence-electron chi connectivity index (χ1n) is 11.0. The Kier molecular flexibility index (Phi) is 7.48. The van der Waals surface area contributed by atoms with Gasteiger partial charge in [-0.15, -0.1) is 0 Å². The summed E-state index contributed by atoms with van der Waals surface area (Å²) in [5.74, 6) is 1.98. The van der Waals surface area contributed by atoms with Crippen LogP contribution in [0.15, 0.2) is 46.6 Å². The van der Waals surface area contributed by atoms with Gasteiger partial charge in [0.2, 0.25) is 5.91 Å². The number of carbonyl (C=O) groups excluding carboxylic acids is 1. The fraction of sp³-hybridized carbons (Fsp3) is 0.520. The maximum atomic E-state index is 11.8. The standard InChI is InChI=1S/C19H23N3O.C6H12O/c1-13-9-10-21(15(3)23)12-17(13)19(20-4)22-11-14(2)16-7-5-6-8-18(16)22;1-6-2-4-7-5-3-6/h5-8,11H,9-10,12H2,1-4H3;6H,2-5H2,1H3. The molecule has 2 aliphatic rings. The number of fused-ring (bicyclic) bond motifs is 1. The summed E-state index contributed by atoms with van der Waals surface area (Å²) < 4.78 is 7.30. The second-order valence-corrected chi connectivity index (χ2v) is 8.49. The Balaban J connectivity index is 0.000000310. The van der Waals surface area contributed by atoms with Gasteiger partial charge in [0.15, 0.2) is 0 Å². The summed E-state index contributed by atoms with van der Waals surface area (Å²) >= 11 is 0. The van der Waals surface area contributed by atoms with E-state index in [1.54, 1.807) is 6.92 Å². The average Bonchev–Trinajstić information content (AvgIpc) is 3.07. The molecule has 5 heteroatoms. The zero-order valence-electron chi connectivity index (χ0n) is 19.1. The van der Waals surface area contributed by atoms with Crippen molar-refractivity contribution in [1.82, 2.24) is 9.47 Å². The highest BCUT2D eigenvalue weighted by atomic mass is 16.5. The summed E-state index contributed by atoms with van der Waals surface area (Å²) in [6.45, 7) is 11.6. The summed E-state index contributed by atoms with van der Waals surface area (Å²) in [6, 6.07) is 8.37. The van der Waals surface area contributed by atoms with E-state index in [1.165, 1.54) is 29.4 Å². The van der Waals surface area contributed by atoms with Gasteiger partial charge in [-0.05, 0) is 50.7 Å². The van der Waals surface area contributed by atoms with Gasteiger partial charge in [-0.2, -0.15) is 0 Å². The molecule has 162 valence electrons. The van der Waals surface area contributed by atoms with Crippen molar-refractivity contribution in [2.24, 2.45) is 10.9 Å². The Morgan fingerprint density at radius 1 is 1.17 bits per heavy atom. The SMILES string of the molecule is CC1CCOCC1.CN=C(C1=C(C)CCN(C(C)=O)C1)n1cc(C)c2ccccc21. The third-order valence-corrected chi connectivity index (χ3v) is 6.20. The summed E-state index contributed by atoms with van der Waals surface area (Å²) in [6.07, 6.45) is 5.58. The summed E-state index contributed by atoms with van der Waals surface area (Å²) in [5, 5.41) is 1.24. The number of aryl methyl sites for hydroxylation is 1. The number of hydrogen-bond donors (Lipinski definition) is 0. The van der Waals surface area contributed by atoms with Crippen LogP contribution in [0.2, 0.25) is 0 Å². The zero-order valence-corrected chi connectivity index (χ0v) is 19.1. The molecule has 3 heterocycles. The third kappa shape index (κ3) is 5.01. The largest absolute Gasteiger partial charge is 0.381 e. The number of amides is 1. The molecule has 0 saturated carbocycles. The Hall–Kier alpha value is -2.40. The van der Waals surface area contributed by atoms with E-state index in [0.29, 0.717) is 6.54 Å². The van der Waals surface area contributed by atoms with Crippen LogP contribution in [0.4, 0.5) is 0 Å². The molecule has 0 unspecified atom stereocenters. The topological polar surface area (TPSA) is 46.8 Å². The van der Waals surface area contributed by atoms with Crippen molar-refractivity contribution in [3.05, 3.63) is 47.2 Å². The number of benzene rings is 1. The Labute approximate surface area is 180 Å². The van der Waals surface area contributed by atoms with Crippen molar-refractivity contribution in [3.8, 4) is 0 Å². The van der Waals surface area contributed by atoms with Crippen molar-refractivity contribution >= 4 is 22.6 Å². The van der Waals surface area contributed by atoms with Gasteiger partial charge in [-0.3, -0.25) is 9.79 Å². The minimum atomic E-state index is 0.124. The molecule has 0 N–H and O–H groups in total. The molecule has 0 bridgehead atoms. The maximum Gasteiger partial charge on any atom is 0.219 e. The molecule has 0 radical (unpaired) electrons. The van der Waals surface area contributed by atoms with Crippen molar-refractivity contribution in [1.29, 1.82) is 0 Å². The van der Waals surface area contributed by atoms with Gasteiger partial charge in [-0.25, -0.2) is 0 Å². The average molecular weight is 410 g/mol. The van der Waals surface area contributed by atoms with E-state index >= 15 is 0 Å². The van der Waals surface area contributed by atoms with Gasteiger partial charge in [-0.1, -0.05) is 30.7 Å². The Bertz CT molecular complexity index is 948. The monoisotopic (exact) mass is 409 g/mol. The van der Waals surface area contributed by atoms with E-state index in [4.69, 9.17) is 4.74 Å². The fourth-order valence-electron chi connectivity index (χ4n) is 4.12. The van der Waals surface area contributed by atoms with Crippen LogP contribution in [0.1, 0.15) is 45.6 Å². The molecular weight excluding hydrogens is 374 g/mol. The summed E-state index contributed by atoms with van der Waals surface area (Å²) in [4.78, 5) is 18.2. The lowest BCUT2D eigenvalue weighted by molar-refractivity contribution is -0.128. The van der Waals surface area contributed by atoms with Crippen LogP contribution in [-0.2, 0) is 9.53 Å². The summed E-state index contributed by atoms with van der Waals surface area (Å²) in [5.41, 5.74) is 4.87. The molecule has 1 amide bonds. The maximum absolute atomic E-state index is 11.8. The number of aromatic nitrogens is 1. The second-order valence-electron chi connectivity index (χ2n) is 8.49. The Morgan fingerprint density at radius 2 is 1.87 bits per heavy atom. The number of rotatable bonds is 1. The molecule has 30 heavy (non-hydrogen) atoms. The van der Waals surface area contributed by atoms with Crippen molar-refractivity contribution in [2.75, 3.05) is 33.4 Å². The smallest absolute Gasteiger partial charge is 0.219 e. The second kappa shape index (κ2) is 10.1. The van der Waals surface area contributed by atoms with E-state index in [1.807, 2.05) is 11.9 Å². The van der Waals surface area contributed by atoms with E-state index < -0.39 is 0 Å². The zero-order chi connectivity index (χ0) is 21.7. The highest BCUT2D eigenvalue weighted by molar-refractivity contribution is 6.07. The predicted molar refractivity (Wildman–Crippen MR) is 124 cm³/mol. The lowest BCUT2D eigenvalue weighted by atomic mass is 10.00. The lowest BCUT2D eigenvalue weighted by Gasteiger charge is -2.30. The first-order chi connectivity index (χ1) is 14.4. The third-order valence-electron chi connectivity index (χ3n) is 6.20. The number of ether oxygens (including phenoxy) is 1. The molecule has 1 fully saturated rings. The van der Waals surface area contributed by atoms with Crippen molar-refractivity contribution < 1.29 is 9.53 Å². The summed E-state index contributed by atoms with van der Waals surface area (Å²) in [7, 11) is 1.83. The number of nitrogens with zero attached hydrogens (tertiary/aromatic N) is 3.